The molecule has 1 aromatic carbocycles. The van der Waals surface area contributed by atoms with Crippen molar-refractivity contribution in [1.29, 1.82) is 0 Å². The highest BCUT2D eigenvalue weighted by Crippen LogP contribution is 2.21. The molecule has 0 amide bonds. The maximum atomic E-state index is 4.29. The Balaban J connectivity index is 1.79. The van der Waals surface area contributed by atoms with Crippen LogP contribution in [0.5, 0.6) is 0 Å². The Morgan fingerprint density at radius 2 is 1.80 bits per heavy atom. The number of nitrogens with zero attached hydrogens (tertiary/aromatic N) is 1. The third-order valence-corrected chi connectivity index (χ3v) is 2.90. The topological polar surface area (TPSA) is 24.4 Å². The van der Waals surface area contributed by atoms with E-state index in [9.17, 15) is 0 Å². The molecule has 1 aliphatic carbocycles. The first kappa shape index (κ1) is 10.2. The van der Waals surface area contributed by atoms with Crippen LogP contribution in [-0.4, -0.2) is 6.21 Å². The summed E-state index contributed by atoms with van der Waals surface area (Å²) in [4.78, 5) is 0. The Labute approximate surface area is 91.4 Å². The second-order valence-corrected chi connectivity index (χ2v) is 4.15. The molecule has 2 heteroatoms. The quantitative estimate of drug-likeness (QED) is 0.587. The molecule has 2 rings (SSSR count). The van der Waals surface area contributed by atoms with E-state index < -0.39 is 0 Å². The van der Waals surface area contributed by atoms with Gasteiger partial charge in [-0.05, 0) is 30.9 Å². The van der Waals surface area contributed by atoms with Crippen molar-refractivity contribution < 1.29 is 0 Å². The summed E-state index contributed by atoms with van der Waals surface area (Å²) in [6.45, 7) is 0. The summed E-state index contributed by atoms with van der Waals surface area (Å²) in [5.74, 6) is 0.690. The largest absolute Gasteiger partial charge is 0.279 e. The van der Waals surface area contributed by atoms with Crippen molar-refractivity contribution in [3.8, 4) is 0 Å². The van der Waals surface area contributed by atoms with E-state index >= 15 is 0 Å². The van der Waals surface area contributed by atoms with Crippen LogP contribution in [0.1, 0.15) is 32.1 Å². The Hall–Kier alpha value is -1.31. The first-order valence-corrected chi connectivity index (χ1v) is 5.79. The number of hydrazone groups is 1. The summed E-state index contributed by atoms with van der Waals surface area (Å²) in [7, 11) is 0. The molecule has 0 bridgehead atoms. The summed E-state index contributed by atoms with van der Waals surface area (Å²) in [5.41, 5.74) is 4.12. The average molecular weight is 202 g/mol. The van der Waals surface area contributed by atoms with E-state index in [-0.39, 0.29) is 0 Å². The summed E-state index contributed by atoms with van der Waals surface area (Å²) < 4.78 is 0. The minimum atomic E-state index is 0.690. The van der Waals surface area contributed by atoms with Crippen LogP contribution in [0.2, 0.25) is 0 Å². The predicted octanol–water partition coefficient (Wildman–Crippen LogP) is 3.66. The zero-order valence-electron chi connectivity index (χ0n) is 9.02. The van der Waals surface area contributed by atoms with E-state index in [1.54, 1.807) is 0 Å². The maximum absolute atomic E-state index is 4.29. The zero-order chi connectivity index (χ0) is 10.3. The third-order valence-electron chi connectivity index (χ3n) is 2.90. The Kier molecular flexibility index (Phi) is 3.77. The van der Waals surface area contributed by atoms with Crippen molar-refractivity contribution >= 4 is 11.9 Å². The van der Waals surface area contributed by atoms with Crippen molar-refractivity contribution in [3.63, 3.8) is 0 Å². The van der Waals surface area contributed by atoms with Gasteiger partial charge in [0.15, 0.2) is 0 Å². The van der Waals surface area contributed by atoms with Gasteiger partial charge in [0.2, 0.25) is 0 Å². The minimum Gasteiger partial charge on any atom is -0.279 e. The second kappa shape index (κ2) is 5.54. The van der Waals surface area contributed by atoms with Crippen LogP contribution in [-0.2, 0) is 0 Å². The minimum absolute atomic E-state index is 0.690. The first-order valence-electron chi connectivity index (χ1n) is 5.79. The van der Waals surface area contributed by atoms with E-state index in [4.69, 9.17) is 0 Å². The van der Waals surface area contributed by atoms with Crippen LogP contribution >= 0.6 is 0 Å². The SMILES string of the molecule is C(=NNc1ccccc1)C1CCCCC1. The molecular weight excluding hydrogens is 184 g/mol. The van der Waals surface area contributed by atoms with Gasteiger partial charge in [-0.15, -0.1) is 0 Å². The molecule has 0 radical (unpaired) electrons. The molecule has 15 heavy (non-hydrogen) atoms. The molecule has 80 valence electrons. The summed E-state index contributed by atoms with van der Waals surface area (Å²) in [5, 5.41) is 4.29. The lowest BCUT2D eigenvalue weighted by Gasteiger charge is -2.16. The highest BCUT2D eigenvalue weighted by Gasteiger charge is 2.10. The fourth-order valence-corrected chi connectivity index (χ4v) is 2.01. The number of nitrogens with one attached hydrogen (secondary N) is 1. The number of anilines is 1. The van der Waals surface area contributed by atoms with Crippen molar-refractivity contribution in [2.75, 3.05) is 5.43 Å². The molecule has 1 aromatic rings. The highest BCUT2D eigenvalue weighted by molar-refractivity contribution is 5.62. The molecule has 1 N–H and O–H groups in total. The summed E-state index contributed by atoms with van der Waals surface area (Å²) in [6, 6.07) is 10.1. The lowest BCUT2D eigenvalue weighted by Crippen LogP contribution is -2.08. The van der Waals surface area contributed by atoms with Gasteiger partial charge >= 0.3 is 0 Å². The molecule has 2 nitrogen and oxygen atoms in total. The molecule has 0 spiro atoms. The van der Waals surface area contributed by atoms with Crippen molar-refractivity contribution in [2.45, 2.75) is 32.1 Å². The molecule has 0 saturated heterocycles. The molecular formula is C13H18N2. The number of benzene rings is 1. The number of hydrogen-bond acceptors (Lipinski definition) is 2. The van der Waals surface area contributed by atoms with Gasteiger partial charge in [0.05, 0.1) is 5.69 Å². The van der Waals surface area contributed by atoms with Crippen LogP contribution in [0.15, 0.2) is 35.4 Å². The number of para-hydroxylation sites is 1. The molecule has 0 atom stereocenters. The normalized spacial score (nSPS) is 18.1. The molecule has 0 aliphatic heterocycles. The second-order valence-electron chi connectivity index (χ2n) is 4.15. The van der Waals surface area contributed by atoms with Gasteiger partial charge in [-0.25, -0.2) is 0 Å². The Morgan fingerprint density at radius 3 is 2.53 bits per heavy atom. The van der Waals surface area contributed by atoms with Crippen LogP contribution in [0.3, 0.4) is 0 Å². The Bertz CT molecular complexity index is 300. The summed E-state index contributed by atoms with van der Waals surface area (Å²) >= 11 is 0. The van der Waals surface area contributed by atoms with Crippen LogP contribution in [0, 0.1) is 5.92 Å². The molecule has 1 fully saturated rings. The van der Waals surface area contributed by atoms with Crippen LogP contribution in [0.4, 0.5) is 5.69 Å². The molecule has 0 heterocycles. The number of rotatable bonds is 3. The van der Waals surface area contributed by atoms with Gasteiger partial charge in [-0.3, -0.25) is 5.43 Å². The van der Waals surface area contributed by atoms with Crippen molar-refractivity contribution in [3.05, 3.63) is 30.3 Å². The smallest absolute Gasteiger partial charge is 0.0561 e. The van der Waals surface area contributed by atoms with E-state index in [1.807, 2.05) is 30.3 Å². The third kappa shape index (κ3) is 3.39. The van der Waals surface area contributed by atoms with Gasteiger partial charge in [0, 0.05) is 6.21 Å². The Morgan fingerprint density at radius 1 is 1.07 bits per heavy atom. The summed E-state index contributed by atoms with van der Waals surface area (Å²) in [6.07, 6.45) is 8.81. The lowest BCUT2D eigenvalue weighted by atomic mass is 9.90. The highest BCUT2D eigenvalue weighted by atomic mass is 15.3. The van der Waals surface area contributed by atoms with Gasteiger partial charge in [-0.2, -0.15) is 5.10 Å². The standard InChI is InChI=1S/C13H18N2/c1-3-7-12(8-4-1)11-14-15-13-9-5-2-6-10-13/h2,5-6,9-12,15H,1,3-4,7-8H2. The van der Waals surface area contributed by atoms with Gasteiger partial charge in [0.25, 0.3) is 0 Å². The van der Waals surface area contributed by atoms with E-state index in [0.717, 1.165) is 5.69 Å². The first-order chi connectivity index (χ1) is 7.45. The van der Waals surface area contributed by atoms with Crippen molar-refractivity contribution in [1.82, 2.24) is 0 Å². The fourth-order valence-electron chi connectivity index (χ4n) is 2.01. The fraction of sp³-hybridized carbons (Fsp3) is 0.462. The van der Waals surface area contributed by atoms with Crippen LogP contribution in [0.25, 0.3) is 0 Å². The van der Waals surface area contributed by atoms with Crippen LogP contribution < -0.4 is 5.43 Å². The van der Waals surface area contributed by atoms with Crippen molar-refractivity contribution in [2.24, 2.45) is 11.0 Å². The monoisotopic (exact) mass is 202 g/mol. The maximum Gasteiger partial charge on any atom is 0.0561 e. The zero-order valence-corrected chi connectivity index (χ0v) is 9.02. The van der Waals surface area contributed by atoms with Gasteiger partial charge in [0.1, 0.15) is 0 Å². The average Bonchev–Trinajstić information content (AvgIpc) is 2.32. The van der Waals surface area contributed by atoms with E-state index in [2.05, 4.69) is 16.7 Å². The molecule has 0 unspecified atom stereocenters. The molecule has 1 aliphatic rings. The van der Waals surface area contributed by atoms with Gasteiger partial charge < -0.3 is 0 Å². The van der Waals surface area contributed by atoms with E-state index in [1.165, 1.54) is 32.1 Å². The number of hydrogen-bond donors (Lipinski definition) is 1. The lowest BCUT2D eigenvalue weighted by molar-refractivity contribution is 0.445. The molecule has 1 saturated carbocycles. The van der Waals surface area contributed by atoms with E-state index in [0.29, 0.717) is 5.92 Å². The molecule has 0 aromatic heterocycles. The van der Waals surface area contributed by atoms with Gasteiger partial charge in [-0.1, -0.05) is 37.5 Å². The predicted molar refractivity (Wildman–Crippen MR) is 65.1 cm³/mol.